The van der Waals surface area contributed by atoms with Crippen molar-refractivity contribution in [1.29, 1.82) is 0 Å². The zero-order valence-corrected chi connectivity index (χ0v) is 39.7. The summed E-state index contributed by atoms with van der Waals surface area (Å²) in [6.07, 6.45) is 8.09. The number of aromatic nitrogens is 7. The molecule has 6 atom stereocenters. The fraction of sp³-hybridized carbons (Fsp3) is 0.404. The number of carbonyl (C=O) groups excluding carboxylic acids is 2. The fourth-order valence-electron chi connectivity index (χ4n) is 12.4. The molecule has 3 N–H and O–H groups in total. The lowest BCUT2D eigenvalue weighted by Crippen LogP contribution is -2.43. The van der Waals surface area contributed by atoms with Crippen molar-refractivity contribution in [1.82, 2.24) is 39.2 Å². The van der Waals surface area contributed by atoms with E-state index < -0.39 is 28.7 Å². The summed E-state index contributed by atoms with van der Waals surface area (Å²) in [5.41, 5.74) is 4.40. The molecule has 12 rings (SSSR count). The van der Waals surface area contributed by atoms with Gasteiger partial charge in [0.05, 0.1) is 41.3 Å². The summed E-state index contributed by atoms with van der Waals surface area (Å²) in [6, 6.07) is 16.6. The largest absolute Gasteiger partial charge is 0.438 e. The Balaban J connectivity index is 1.02. The van der Waals surface area contributed by atoms with E-state index in [0.29, 0.717) is 64.7 Å². The Kier molecular flexibility index (Phi) is 9.73. The van der Waals surface area contributed by atoms with Gasteiger partial charge in [-0.05, 0) is 137 Å². The molecule has 2 aliphatic carbocycles. The first kappa shape index (κ1) is 44.1. The van der Waals surface area contributed by atoms with E-state index in [1.807, 2.05) is 48.9 Å². The molecule has 5 aliphatic rings. The first-order valence-corrected chi connectivity index (χ1v) is 23.8. The van der Waals surface area contributed by atoms with E-state index in [0.717, 1.165) is 40.2 Å². The Morgan fingerprint density at radius 1 is 0.971 bits per heavy atom. The van der Waals surface area contributed by atoms with Gasteiger partial charge in [-0.15, -0.1) is 0 Å². The number of aryl methyl sites for hydroxylation is 3. The molecule has 4 aromatic heterocycles. The van der Waals surface area contributed by atoms with Gasteiger partial charge in [0, 0.05) is 78.1 Å². The molecule has 3 aliphatic heterocycles. The molecule has 3 aromatic carbocycles. The minimum Gasteiger partial charge on any atom is -0.396 e. The number of aliphatic hydroxyl groups is 2. The second kappa shape index (κ2) is 15.4. The summed E-state index contributed by atoms with van der Waals surface area (Å²) in [5.74, 6) is 1.00. The van der Waals surface area contributed by atoms with E-state index in [2.05, 4.69) is 47.2 Å². The zero-order valence-electron chi connectivity index (χ0n) is 39.7. The van der Waals surface area contributed by atoms with E-state index in [1.54, 1.807) is 68.6 Å². The summed E-state index contributed by atoms with van der Waals surface area (Å²) in [6.45, 7) is 9.73. The fourth-order valence-corrected chi connectivity index (χ4v) is 12.4. The maximum atomic E-state index is 16.0. The standard InChI is InChI=1S/C52H53FN10O7/c1-28-15-38(16-29(2)44(28)53)63-46(60-13-12-59(42(60)26-66)37-8-10-39-34(18-37)22-54-58(39)6)43-30(3)61(23-35(24-64)45(43)56-63)47(67)41-19-33-17-31(32-11-14-69-50(4,5)20-32)7-9-40(33)62(41)52(48-55-49(68)70-57-48)27-51(52)21-36(51)25-65/h7-10,12-13,15-19,22,30,32,35-36,64-65H,11,14,20-21,23-25,27H2,1-6H3,(H,55,57,68)/t30-,32-,35?,36?,51?,52-/m0/s1. The van der Waals surface area contributed by atoms with Crippen LogP contribution in [0.5, 0.6) is 0 Å². The third kappa shape index (κ3) is 6.32. The number of aliphatic hydroxyl groups excluding tert-OH is 2. The summed E-state index contributed by atoms with van der Waals surface area (Å²) >= 11 is 0. The maximum Gasteiger partial charge on any atom is 0.438 e. The monoisotopic (exact) mass is 948 g/mol. The van der Waals surface area contributed by atoms with E-state index in [1.165, 1.54) is 0 Å². The van der Waals surface area contributed by atoms with Crippen LogP contribution in [0.25, 0.3) is 27.5 Å². The lowest BCUT2D eigenvalue weighted by Gasteiger charge is -2.38. The first-order valence-electron chi connectivity index (χ1n) is 23.8. The highest BCUT2D eigenvalue weighted by molar-refractivity contribution is 6.00. The van der Waals surface area contributed by atoms with Crippen molar-refractivity contribution < 1.29 is 33.5 Å². The number of hydrogen-bond acceptors (Lipinski definition) is 12. The van der Waals surface area contributed by atoms with E-state index in [-0.39, 0.29) is 60.6 Å². The molecule has 1 amide bonds. The van der Waals surface area contributed by atoms with Crippen LogP contribution >= 0.6 is 0 Å². The lowest BCUT2D eigenvalue weighted by molar-refractivity contribution is -0.0592. The van der Waals surface area contributed by atoms with Crippen molar-refractivity contribution in [3.05, 3.63) is 135 Å². The van der Waals surface area contributed by atoms with Crippen LogP contribution in [0.2, 0.25) is 0 Å². The molecule has 2 saturated carbocycles. The number of rotatable bonds is 9. The van der Waals surface area contributed by atoms with E-state index >= 15 is 9.18 Å². The number of ether oxygens (including phenoxy) is 1. The van der Waals surface area contributed by atoms with Gasteiger partial charge in [0.15, 0.2) is 11.8 Å². The van der Waals surface area contributed by atoms with Crippen molar-refractivity contribution in [3.63, 3.8) is 0 Å². The van der Waals surface area contributed by atoms with Crippen LogP contribution in [-0.2, 0) is 22.1 Å². The molecule has 3 fully saturated rings. The molecule has 7 heterocycles. The van der Waals surface area contributed by atoms with Gasteiger partial charge in [0.1, 0.15) is 22.9 Å². The summed E-state index contributed by atoms with van der Waals surface area (Å²) in [7, 11) is 1.86. The van der Waals surface area contributed by atoms with Crippen molar-refractivity contribution >= 4 is 45.2 Å². The van der Waals surface area contributed by atoms with Crippen LogP contribution in [0.4, 0.5) is 15.9 Å². The number of anilines is 2. The molecule has 1 spiro atoms. The molecule has 17 nitrogen and oxygen atoms in total. The Morgan fingerprint density at radius 2 is 1.74 bits per heavy atom. The molecule has 70 heavy (non-hydrogen) atoms. The van der Waals surface area contributed by atoms with Gasteiger partial charge in [-0.1, -0.05) is 11.2 Å². The minimum atomic E-state index is -1.03. The van der Waals surface area contributed by atoms with Crippen molar-refractivity contribution in [2.75, 3.05) is 36.2 Å². The van der Waals surface area contributed by atoms with E-state index in [9.17, 15) is 19.8 Å². The number of fused-ring (bicyclic) bond motifs is 3. The summed E-state index contributed by atoms with van der Waals surface area (Å²) in [4.78, 5) is 50.0. The molecule has 0 bridgehead atoms. The Bertz CT molecular complexity index is 3460. The number of nitrogens with one attached hydrogen (secondary N) is 1. The van der Waals surface area contributed by atoms with Gasteiger partial charge in [0.25, 0.3) is 5.91 Å². The number of carbonyl (C=O) groups is 1. The number of H-pyrrole nitrogens is 1. The number of hydrogen-bond donors (Lipinski definition) is 3. The SMILES string of the molecule is Cc1cc(-n2nc3c(c2N2C=CN(c4ccc5c(cnn5C)c4)C2=C=O)[C@H](C)N(C(=O)c2cc4cc([C@H]5CCOC(C)(C)C5)ccc4n2[C@]2(c4noc(=O)[nH]4)CC24CC4CO)CC3CO)cc(C)c1F. The first-order chi connectivity index (χ1) is 33.6. The smallest absolute Gasteiger partial charge is 0.396 e. The molecule has 360 valence electrons. The zero-order chi connectivity index (χ0) is 48.8. The molecule has 18 heteroatoms. The average Bonchev–Trinajstić information content (AvgIpc) is 3.71. The van der Waals surface area contributed by atoms with Crippen LogP contribution < -0.4 is 15.6 Å². The minimum absolute atomic E-state index is 0.0718. The van der Waals surface area contributed by atoms with Gasteiger partial charge < -0.3 is 24.4 Å². The molecule has 1 saturated heterocycles. The normalized spacial score (nSPS) is 25.7. The van der Waals surface area contributed by atoms with Crippen molar-refractivity contribution in [3.8, 4) is 5.69 Å². The van der Waals surface area contributed by atoms with Gasteiger partial charge in [-0.25, -0.2) is 18.7 Å². The summed E-state index contributed by atoms with van der Waals surface area (Å²) < 4.78 is 32.0. The van der Waals surface area contributed by atoms with Gasteiger partial charge >= 0.3 is 5.76 Å². The average molecular weight is 949 g/mol. The van der Waals surface area contributed by atoms with Crippen LogP contribution in [0.3, 0.4) is 0 Å². The molecule has 3 unspecified atom stereocenters. The van der Waals surface area contributed by atoms with Crippen LogP contribution in [0.1, 0.15) is 109 Å². The second-order valence-electron chi connectivity index (χ2n) is 20.6. The third-order valence-electron chi connectivity index (χ3n) is 16.1. The highest BCUT2D eigenvalue weighted by Crippen LogP contribution is 2.82. The van der Waals surface area contributed by atoms with Crippen LogP contribution in [0, 0.1) is 31.0 Å². The van der Waals surface area contributed by atoms with Crippen LogP contribution in [0.15, 0.2) is 88.3 Å². The van der Waals surface area contributed by atoms with Gasteiger partial charge in [0.2, 0.25) is 5.82 Å². The topological polar surface area (TPSA) is 193 Å². The highest BCUT2D eigenvalue weighted by Gasteiger charge is 2.83. The Hall–Kier alpha value is -7.11. The van der Waals surface area contributed by atoms with E-state index in [4.69, 9.17) is 14.4 Å². The molecular formula is C52H53FN10O7. The van der Waals surface area contributed by atoms with Gasteiger partial charge in [-0.2, -0.15) is 10.2 Å². The number of aromatic amines is 1. The molecule has 7 aromatic rings. The van der Waals surface area contributed by atoms with Crippen molar-refractivity contribution in [2.24, 2.45) is 18.4 Å². The van der Waals surface area contributed by atoms with Crippen LogP contribution in [-0.4, -0.2) is 93.2 Å². The Morgan fingerprint density at radius 3 is 2.44 bits per heavy atom. The maximum absolute atomic E-state index is 16.0. The second-order valence-corrected chi connectivity index (χ2v) is 20.6. The quantitative estimate of drug-likeness (QED) is 0.130. The van der Waals surface area contributed by atoms with Crippen molar-refractivity contribution in [2.45, 2.75) is 89.3 Å². The lowest BCUT2D eigenvalue weighted by atomic mass is 9.83. The molecule has 0 radical (unpaired) electrons. The Labute approximate surface area is 401 Å². The predicted octanol–water partition coefficient (Wildman–Crippen LogP) is 6.73. The third-order valence-corrected chi connectivity index (χ3v) is 16.1. The molecular weight excluding hydrogens is 896 g/mol. The summed E-state index contributed by atoms with van der Waals surface area (Å²) in [5, 5.41) is 37.4. The number of benzene rings is 3. The highest BCUT2D eigenvalue weighted by atomic mass is 19.1. The number of halogens is 1. The van der Waals surface area contributed by atoms with Gasteiger partial charge in [-0.3, -0.25) is 28.8 Å². The predicted molar refractivity (Wildman–Crippen MR) is 257 cm³/mol. The number of nitrogens with zero attached hydrogens (tertiary/aromatic N) is 9. The number of amides is 1.